The lowest BCUT2D eigenvalue weighted by Crippen LogP contribution is -2.40. The first-order chi connectivity index (χ1) is 8.50. The predicted molar refractivity (Wildman–Crippen MR) is 66.6 cm³/mol. The van der Waals surface area contributed by atoms with Crippen molar-refractivity contribution in [1.82, 2.24) is 3.71 Å². The van der Waals surface area contributed by atoms with Gasteiger partial charge in [-0.1, -0.05) is 13.8 Å². The number of hydrogen-bond acceptors (Lipinski definition) is 3. The van der Waals surface area contributed by atoms with E-state index >= 15 is 0 Å². The minimum absolute atomic E-state index is 0.128. The Morgan fingerprint density at radius 1 is 1.32 bits per heavy atom. The maximum absolute atomic E-state index is 12.6. The zero-order valence-electron chi connectivity index (χ0n) is 10.7. The summed E-state index contributed by atoms with van der Waals surface area (Å²) in [5, 5.41) is 0. The van der Waals surface area contributed by atoms with Crippen molar-refractivity contribution in [1.29, 1.82) is 0 Å². The molecule has 1 aliphatic heterocycles. The lowest BCUT2D eigenvalue weighted by molar-refractivity contribution is -0.0360. The van der Waals surface area contributed by atoms with E-state index in [0.717, 1.165) is 12.8 Å². The van der Waals surface area contributed by atoms with Gasteiger partial charge in [0.1, 0.15) is 0 Å². The molecule has 2 aliphatic carbocycles. The van der Waals surface area contributed by atoms with Gasteiger partial charge in [-0.3, -0.25) is 0 Å². The quantitative estimate of drug-likeness (QED) is 0.698. The fraction of sp³-hybridized carbons (Fsp3) is 1.00. The van der Waals surface area contributed by atoms with Crippen LogP contribution in [-0.2, 0) is 10.0 Å². The summed E-state index contributed by atoms with van der Waals surface area (Å²) >= 11 is -0.472. The van der Waals surface area contributed by atoms with Crippen molar-refractivity contribution in [2.75, 3.05) is 5.75 Å². The first-order valence-electron chi connectivity index (χ1n) is 6.28. The lowest BCUT2D eigenvalue weighted by atomic mass is 9.69. The highest BCUT2D eigenvalue weighted by Gasteiger charge is 2.72. The van der Waals surface area contributed by atoms with Crippen LogP contribution in [0.1, 0.15) is 33.1 Å². The minimum Gasteiger partial charge on any atom is -0.211 e. The zero-order valence-corrected chi connectivity index (χ0v) is 12.3. The molecular formula is C11H16F3NO2S2. The normalized spacial score (nSPS) is 43.6. The van der Waals surface area contributed by atoms with Crippen LogP contribution in [0.2, 0.25) is 0 Å². The standard InChI is InChI=1S/C11H16F3NO2S2/c1-9(2)7-3-4-10(9)6-19(16,17)15(8(10)5-7)18-11(12,13)14/h7-8H,3-6H2,1-2H3/t7-,8-,10?/m1/s1. The lowest BCUT2D eigenvalue weighted by Gasteiger charge is -2.37. The highest BCUT2D eigenvalue weighted by molar-refractivity contribution is 8.09. The number of hydrogen-bond donors (Lipinski definition) is 0. The molecule has 0 amide bonds. The van der Waals surface area contributed by atoms with E-state index in [2.05, 4.69) is 0 Å². The topological polar surface area (TPSA) is 37.4 Å². The molecule has 0 aromatic carbocycles. The van der Waals surface area contributed by atoms with Crippen molar-refractivity contribution >= 4 is 22.0 Å². The molecule has 19 heavy (non-hydrogen) atoms. The second-order valence-corrected chi connectivity index (χ2v) is 9.53. The smallest absolute Gasteiger partial charge is 0.211 e. The van der Waals surface area contributed by atoms with Crippen molar-refractivity contribution in [3.05, 3.63) is 0 Å². The van der Waals surface area contributed by atoms with Crippen LogP contribution in [0.25, 0.3) is 0 Å². The summed E-state index contributed by atoms with van der Waals surface area (Å²) in [5.41, 5.74) is -5.23. The highest BCUT2D eigenvalue weighted by Crippen LogP contribution is 2.71. The molecule has 3 aliphatic rings. The second-order valence-electron chi connectivity index (χ2n) is 6.41. The summed E-state index contributed by atoms with van der Waals surface area (Å²) in [7, 11) is -3.82. The molecule has 0 N–H and O–H groups in total. The predicted octanol–water partition coefficient (Wildman–Crippen LogP) is 2.99. The van der Waals surface area contributed by atoms with E-state index in [1.54, 1.807) is 0 Å². The van der Waals surface area contributed by atoms with Gasteiger partial charge in [0.25, 0.3) is 0 Å². The van der Waals surface area contributed by atoms with Gasteiger partial charge in [-0.2, -0.15) is 13.2 Å². The van der Waals surface area contributed by atoms with Gasteiger partial charge in [0.05, 0.1) is 5.75 Å². The molecule has 3 fully saturated rings. The van der Waals surface area contributed by atoms with Crippen molar-refractivity contribution < 1.29 is 21.6 Å². The van der Waals surface area contributed by atoms with Gasteiger partial charge in [0, 0.05) is 23.4 Å². The van der Waals surface area contributed by atoms with E-state index in [1.165, 1.54) is 0 Å². The van der Waals surface area contributed by atoms with Gasteiger partial charge in [-0.05, 0) is 30.6 Å². The van der Waals surface area contributed by atoms with E-state index in [4.69, 9.17) is 0 Å². The summed E-state index contributed by atoms with van der Waals surface area (Å²) in [6.07, 6.45) is 2.22. The molecule has 1 heterocycles. The first-order valence-corrected chi connectivity index (χ1v) is 8.66. The summed E-state index contributed by atoms with van der Waals surface area (Å²) in [4.78, 5) is 0. The van der Waals surface area contributed by atoms with Crippen LogP contribution in [0.3, 0.4) is 0 Å². The molecule has 0 aromatic heterocycles. The van der Waals surface area contributed by atoms with Crippen LogP contribution in [0.4, 0.5) is 13.2 Å². The SMILES string of the molecule is CC1(C)[C@@H]2CCC13CS(=O)(=O)N(SC(F)(F)F)[C@@H]3C2. The minimum atomic E-state index is -4.55. The molecule has 3 rings (SSSR count). The van der Waals surface area contributed by atoms with Crippen LogP contribution in [0, 0.1) is 16.7 Å². The largest absolute Gasteiger partial charge is 0.457 e. The van der Waals surface area contributed by atoms with Crippen molar-refractivity contribution in [3.63, 3.8) is 0 Å². The molecule has 3 nitrogen and oxygen atoms in total. The Kier molecular flexibility index (Phi) is 2.67. The Morgan fingerprint density at radius 2 is 1.95 bits per heavy atom. The maximum Gasteiger partial charge on any atom is 0.457 e. The Hall–Kier alpha value is 0.0500. The Morgan fingerprint density at radius 3 is 2.47 bits per heavy atom. The van der Waals surface area contributed by atoms with E-state index in [-0.39, 0.29) is 11.2 Å². The number of halogens is 3. The van der Waals surface area contributed by atoms with E-state index < -0.39 is 38.9 Å². The molecule has 110 valence electrons. The van der Waals surface area contributed by atoms with Gasteiger partial charge in [-0.15, -0.1) is 3.71 Å². The average Bonchev–Trinajstić information content (AvgIpc) is 2.66. The maximum atomic E-state index is 12.6. The van der Waals surface area contributed by atoms with Crippen molar-refractivity contribution in [2.45, 2.75) is 44.7 Å². The molecule has 1 spiro atoms. The van der Waals surface area contributed by atoms with Crippen LogP contribution >= 0.6 is 11.9 Å². The van der Waals surface area contributed by atoms with Crippen LogP contribution < -0.4 is 0 Å². The summed E-state index contributed by atoms with van der Waals surface area (Å²) in [5.74, 6) is 0.210. The fourth-order valence-electron chi connectivity index (χ4n) is 4.47. The van der Waals surface area contributed by atoms with Crippen molar-refractivity contribution in [3.8, 4) is 0 Å². The molecular weight excluding hydrogens is 299 g/mol. The number of fused-ring (bicyclic) bond motifs is 1. The van der Waals surface area contributed by atoms with Crippen LogP contribution in [-0.4, -0.2) is 29.4 Å². The molecule has 0 aromatic rings. The van der Waals surface area contributed by atoms with E-state index in [9.17, 15) is 21.6 Å². The van der Waals surface area contributed by atoms with Crippen LogP contribution in [0.15, 0.2) is 0 Å². The van der Waals surface area contributed by atoms with Gasteiger partial charge >= 0.3 is 5.51 Å². The Balaban J connectivity index is 2.02. The summed E-state index contributed by atoms with van der Waals surface area (Å²) in [6, 6.07) is -0.488. The van der Waals surface area contributed by atoms with Gasteiger partial charge < -0.3 is 0 Å². The Labute approximate surface area is 115 Å². The number of alkyl halides is 3. The second kappa shape index (κ2) is 3.62. The average molecular weight is 315 g/mol. The zero-order chi connectivity index (χ0) is 14.3. The van der Waals surface area contributed by atoms with Crippen LogP contribution in [0.5, 0.6) is 0 Å². The molecule has 2 saturated carbocycles. The summed E-state index contributed by atoms with van der Waals surface area (Å²) in [6.45, 7) is 4.03. The monoisotopic (exact) mass is 315 g/mol. The fourth-order valence-corrected chi connectivity index (χ4v) is 8.12. The summed E-state index contributed by atoms with van der Waals surface area (Å²) < 4.78 is 62.7. The highest BCUT2D eigenvalue weighted by atomic mass is 32.3. The molecule has 0 radical (unpaired) electrons. The van der Waals surface area contributed by atoms with Gasteiger partial charge in [0.15, 0.2) is 0 Å². The number of sulfonamides is 1. The molecule has 1 saturated heterocycles. The third kappa shape index (κ3) is 1.72. The molecule has 8 heteroatoms. The molecule has 2 bridgehead atoms. The Bertz CT molecular complexity index is 517. The number of nitrogens with zero attached hydrogens (tertiary/aromatic N) is 1. The van der Waals surface area contributed by atoms with Gasteiger partial charge in [0.2, 0.25) is 10.0 Å². The van der Waals surface area contributed by atoms with E-state index in [1.807, 2.05) is 13.8 Å². The van der Waals surface area contributed by atoms with E-state index in [0.29, 0.717) is 16.0 Å². The molecule has 1 unspecified atom stereocenters. The third-order valence-corrected chi connectivity index (χ3v) is 8.78. The number of rotatable bonds is 1. The third-order valence-electron chi connectivity index (χ3n) is 5.55. The molecule has 3 atom stereocenters. The first kappa shape index (κ1) is 14.0. The van der Waals surface area contributed by atoms with Gasteiger partial charge in [-0.25, -0.2) is 8.42 Å². The van der Waals surface area contributed by atoms with Crippen molar-refractivity contribution in [2.24, 2.45) is 16.7 Å².